The number of carbonyl (C=O) groups excluding carboxylic acids is 1. The summed E-state index contributed by atoms with van der Waals surface area (Å²) in [6.45, 7) is 3.40. The second-order valence-electron chi connectivity index (χ2n) is 9.08. The van der Waals surface area contributed by atoms with Gasteiger partial charge in [0.05, 0.1) is 24.5 Å². The van der Waals surface area contributed by atoms with E-state index in [-0.39, 0.29) is 12.6 Å². The van der Waals surface area contributed by atoms with Crippen molar-refractivity contribution in [2.24, 2.45) is 0 Å². The Bertz CT molecular complexity index is 1270. The molecule has 2 atom stereocenters. The highest BCUT2D eigenvalue weighted by atomic mass is 16.6. The van der Waals surface area contributed by atoms with Crippen LogP contribution >= 0.6 is 0 Å². The summed E-state index contributed by atoms with van der Waals surface area (Å²) in [6.07, 6.45) is 1.91. The molecule has 1 aromatic carbocycles. The maximum atomic E-state index is 12.5. The zero-order valence-corrected chi connectivity index (χ0v) is 18.9. The molecule has 34 heavy (non-hydrogen) atoms. The lowest BCUT2D eigenvalue weighted by atomic mass is 10.0. The van der Waals surface area contributed by atoms with Crippen LogP contribution < -0.4 is 4.90 Å². The van der Waals surface area contributed by atoms with Gasteiger partial charge in [0.25, 0.3) is 0 Å². The highest BCUT2D eigenvalue weighted by Crippen LogP contribution is 2.40. The Labute approximate surface area is 195 Å². The minimum Gasteiger partial charge on any atom is -0.465 e. The lowest BCUT2D eigenvalue weighted by Crippen LogP contribution is -2.41. The minimum absolute atomic E-state index is 0.117. The number of ether oxygens (including phenoxy) is 1. The van der Waals surface area contributed by atoms with Crippen molar-refractivity contribution in [2.45, 2.75) is 38.0 Å². The normalized spacial score (nSPS) is 19.1. The Kier molecular flexibility index (Phi) is 5.01. The van der Waals surface area contributed by atoms with Gasteiger partial charge in [-0.1, -0.05) is 11.3 Å². The summed E-state index contributed by atoms with van der Waals surface area (Å²) < 4.78 is 6.95. The van der Waals surface area contributed by atoms with Crippen molar-refractivity contribution < 1.29 is 24.5 Å². The third-order valence-electron chi connectivity index (χ3n) is 6.19. The molecule has 0 saturated carbocycles. The van der Waals surface area contributed by atoms with Crippen molar-refractivity contribution in [3.05, 3.63) is 54.0 Å². The maximum Gasteiger partial charge on any atom is 0.415 e. The average Bonchev–Trinajstić information content (AvgIpc) is 3.49. The molecule has 0 unspecified atom stereocenters. The zero-order valence-electron chi connectivity index (χ0n) is 18.9. The van der Waals surface area contributed by atoms with Gasteiger partial charge < -0.3 is 19.8 Å². The first kappa shape index (κ1) is 21.8. The first-order valence-corrected chi connectivity index (χ1v) is 10.8. The van der Waals surface area contributed by atoms with Crippen LogP contribution in [0.1, 0.15) is 25.1 Å². The standard InChI is InChI=1S/C23H24N6O5/c1-23(2,33)19-12-28(26-25-19)20-7-5-14(10-24-20)13-4-6-16-15(8-13)9-17-18(11-27(3)21(30)31)34-22(32)29(16)17/h4-8,10,12,17-18,33H,9,11H2,1-3H3,(H,30,31)/t17-,18-/m0/s1. The van der Waals surface area contributed by atoms with E-state index in [2.05, 4.69) is 15.3 Å². The Morgan fingerprint density at radius 3 is 2.68 bits per heavy atom. The summed E-state index contributed by atoms with van der Waals surface area (Å²) in [4.78, 5) is 30.9. The molecule has 2 N–H and O–H groups in total. The largest absolute Gasteiger partial charge is 0.465 e. The number of hydrogen-bond donors (Lipinski definition) is 2. The Balaban J connectivity index is 1.36. The first-order chi connectivity index (χ1) is 16.1. The molecule has 11 heteroatoms. The molecule has 0 spiro atoms. The van der Waals surface area contributed by atoms with Gasteiger partial charge in [-0.15, -0.1) is 5.10 Å². The van der Waals surface area contributed by atoms with E-state index in [1.807, 2.05) is 30.3 Å². The molecule has 2 aliphatic rings. The molecule has 4 heterocycles. The number of amides is 2. The number of pyridine rings is 1. The molecule has 1 saturated heterocycles. The number of anilines is 1. The summed E-state index contributed by atoms with van der Waals surface area (Å²) in [5.41, 5.74) is 2.98. The number of benzene rings is 1. The van der Waals surface area contributed by atoms with Crippen LogP contribution in [0, 0.1) is 0 Å². The van der Waals surface area contributed by atoms with Crippen molar-refractivity contribution in [3.63, 3.8) is 0 Å². The van der Waals surface area contributed by atoms with E-state index in [4.69, 9.17) is 9.84 Å². The third kappa shape index (κ3) is 3.73. The molecular weight excluding hydrogens is 440 g/mol. The second-order valence-corrected chi connectivity index (χ2v) is 9.08. The summed E-state index contributed by atoms with van der Waals surface area (Å²) in [5.74, 6) is 0.571. The van der Waals surface area contributed by atoms with Gasteiger partial charge in [-0.3, -0.25) is 4.90 Å². The van der Waals surface area contributed by atoms with Gasteiger partial charge in [0.2, 0.25) is 0 Å². The van der Waals surface area contributed by atoms with Gasteiger partial charge in [0, 0.05) is 18.8 Å². The number of carbonyl (C=O) groups is 2. The van der Waals surface area contributed by atoms with Gasteiger partial charge in [-0.05, 0) is 55.7 Å². The van der Waals surface area contributed by atoms with Gasteiger partial charge in [-0.25, -0.2) is 19.3 Å². The summed E-state index contributed by atoms with van der Waals surface area (Å²) in [6, 6.07) is 9.33. The summed E-state index contributed by atoms with van der Waals surface area (Å²) in [5, 5.41) is 27.3. The number of fused-ring (bicyclic) bond motifs is 3. The predicted molar refractivity (Wildman–Crippen MR) is 121 cm³/mol. The number of rotatable bonds is 5. The fraction of sp³-hybridized carbons (Fsp3) is 0.348. The van der Waals surface area contributed by atoms with Crippen LogP contribution in [-0.4, -0.2) is 73.0 Å². The van der Waals surface area contributed by atoms with Crippen molar-refractivity contribution in [3.8, 4) is 16.9 Å². The third-order valence-corrected chi connectivity index (χ3v) is 6.19. The van der Waals surface area contributed by atoms with Crippen molar-refractivity contribution in [2.75, 3.05) is 18.5 Å². The monoisotopic (exact) mass is 464 g/mol. The van der Waals surface area contributed by atoms with Crippen LogP contribution in [0.15, 0.2) is 42.7 Å². The van der Waals surface area contributed by atoms with E-state index in [1.54, 1.807) is 31.1 Å². The van der Waals surface area contributed by atoms with E-state index >= 15 is 0 Å². The number of aliphatic hydroxyl groups is 1. The van der Waals surface area contributed by atoms with Crippen molar-refractivity contribution in [1.29, 1.82) is 0 Å². The van der Waals surface area contributed by atoms with E-state index in [0.717, 1.165) is 27.3 Å². The van der Waals surface area contributed by atoms with Crippen LogP contribution in [0.5, 0.6) is 0 Å². The highest BCUT2D eigenvalue weighted by molar-refractivity contribution is 5.94. The van der Waals surface area contributed by atoms with Crippen LogP contribution in [0.3, 0.4) is 0 Å². The van der Waals surface area contributed by atoms with Crippen LogP contribution in [0.2, 0.25) is 0 Å². The maximum absolute atomic E-state index is 12.5. The van der Waals surface area contributed by atoms with E-state index < -0.39 is 23.9 Å². The molecule has 176 valence electrons. The molecule has 2 amide bonds. The fourth-order valence-electron chi connectivity index (χ4n) is 4.31. The van der Waals surface area contributed by atoms with Gasteiger partial charge in [-0.2, -0.15) is 0 Å². The number of likely N-dealkylation sites (N-methyl/N-ethyl adjacent to an activating group) is 1. The van der Waals surface area contributed by atoms with Gasteiger partial charge in [0.15, 0.2) is 5.82 Å². The second kappa shape index (κ2) is 7.80. The minimum atomic E-state index is -1.09. The molecule has 0 radical (unpaired) electrons. The van der Waals surface area contributed by atoms with Gasteiger partial charge >= 0.3 is 12.2 Å². The molecule has 0 aliphatic carbocycles. The van der Waals surface area contributed by atoms with E-state index in [9.17, 15) is 14.7 Å². The molecule has 0 bridgehead atoms. The number of aromatic nitrogens is 4. The topological polar surface area (TPSA) is 134 Å². The number of carboxylic acid groups (broad SMARTS) is 1. The van der Waals surface area contributed by atoms with Crippen molar-refractivity contribution >= 4 is 17.9 Å². The van der Waals surface area contributed by atoms with Gasteiger partial charge in [0.1, 0.15) is 17.4 Å². The molecule has 11 nitrogen and oxygen atoms in total. The Morgan fingerprint density at radius 1 is 1.26 bits per heavy atom. The SMILES string of the molecule is CN(C[C@@H]1OC(=O)N2c3ccc(-c4ccc(-n5cc(C(C)(C)O)nn5)nc4)cc3C[C@@H]12)C(=O)O. The van der Waals surface area contributed by atoms with E-state index in [0.29, 0.717) is 17.9 Å². The molecular formula is C23H24N6O5. The van der Waals surface area contributed by atoms with Crippen LogP contribution in [0.25, 0.3) is 16.9 Å². The summed E-state index contributed by atoms with van der Waals surface area (Å²) in [7, 11) is 1.46. The summed E-state index contributed by atoms with van der Waals surface area (Å²) >= 11 is 0. The fourth-order valence-corrected chi connectivity index (χ4v) is 4.31. The zero-order chi connectivity index (χ0) is 24.2. The number of hydrogen-bond acceptors (Lipinski definition) is 7. The van der Waals surface area contributed by atoms with Crippen molar-refractivity contribution in [1.82, 2.24) is 24.9 Å². The Morgan fingerprint density at radius 2 is 2.03 bits per heavy atom. The molecule has 5 rings (SSSR count). The van der Waals surface area contributed by atoms with Crippen LogP contribution in [-0.2, 0) is 16.8 Å². The molecule has 2 aliphatic heterocycles. The molecule has 1 fully saturated rings. The highest BCUT2D eigenvalue weighted by Gasteiger charge is 2.48. The van der Waals surface area contributed by atoms with Crippen LogP contribution in [0.4, 0.5) is 15.3 Å². The molecule has 3 aromatic rings. The lowest BCUT2D eigenvalue weighted by molar-refractivity contribution is 0.0737. The lowest BCUT2D eigenvalue weighted by Gasteiger charge is -2.21. The quantitative estimate of drug-likeness (QED) is 0.588. The van der Waals surface area contributed by atoms with E-state index in [1.165, 1.54) is 11.7 Å². The average molecular weight is 464 g/mol. The predicted octanol–water partition coefficient (Wildman–Crippen LogP) is 2.42. The number of nitrogens with zero attached hydrogens (tertiary/aromatic N) is 6. The number of cyclic esters (lactones) is 1. The smallest absolute Gasteiger partial charge is 0.415 e. The molecule has 2 aromatic heterocycles. The Hall–Kier alpha value is -3.99. The first-order valence-electron chi connectivity index (χ1n) is 10.8.